The number of aromatic nitrogens is 1. The molecule has 3 heterocycles. The van der Waals surface area contributed by atoms with E-state index in [1.807, 2.05) is 0 Å². The summed E-state index contributed by atoms with van der Waals surface area (Å²) in [4.78, 5) is 99.5. The zero-order valence-corrected chi connectivity index (χ0v) is 38.1. The Hall–Kier alpha value is -8.45. The van der Waals surface area contributed by atoms with E-state index in [4.69, 9.17) is 4.74 Å². The number of nitrogens with one attached hydrogen (secondary N) is 9. The van der Waals surface area contributed by atoms with E-state index in [1.54, 1.807) is 44.2 Å². The molecule has 1 atom stereocenters. The number of carboxylic acid groups (broad SMARTS) is 1. The van der Waals surface area contributed by atoms with Gasteiger partial charge in [0, 0.05) is 37.8 Å². The maximum atomic E-state index is 13.9. The zero-order valence-electron chi connectivity index (χ0n) is 37.3. The number of aliphatic carboxylic acids is 1. The molecule has 1 aromatic heterocycles. The first-order valence-corrected chi connectivity index (χ1v) is 22.6. The maximum Gasteiger partial charge on any atom is 0.330 e. The maximum absolute atomic E-state index is 13.9. The van der Waals surface area contributed by atoms with Gasteiger partial charge in [-0.15, -0.1) is 0 Å². The van der Waals surface area contributed by atoms with Crippen molar-refractivity contribution in [2.45, 2.75) is 44.0 Å². The quantitative estimate of drug-likeness (QED) is 0.0285. The van der Waals surface area contributed by atoms with Gasteiger partial charge in [0.05, 0.1) is 37.6 Å². The minimum Gasteiger partial charge on any atom is -0.494 e. The Morgan fingerprint density at radius 3 is 2.36 bits per heavy atom. The minimum atomic E-state index is -4.45. The SMILES string of the molecule is CC(C)=C1NC(=O)[C@@H](Cc2ccc(OCCCNC(=O)c3ccc(N/N=C/c4ccccc4S(=O)(=O)O)nc3)cc2)NC(=O)/C(=C\C(=O)O)NC(=O)CNC(=O)/C(=C/CCNC2=NCCN2)NC1=O. The first-order valence-electron chi connectivity index (χ1n) is 21.1. The monoisotopic (exact) mass is 970 g/mol. The number of nitrogens with zero attached hydrogens (tertiary/aromatic N) is 3. The van der Waals surface area contributed by atoms with E-state index in [0.29, 0.717) is 55.0 Å². The van der Waals surface area contributed by atoms with Gasteiger partial charge in [0.2, 0.25) is 11.8 Å². The number of hydrazone groups is 1. The highest BCUT2D eigenvalue weighted by Crippen LogP contribution is 2.16. The van der Waals surface area contributed by atoms with Crippen LogP contribution in [0.25, 0.3) is 0 Å². The van der Waals surface area contributed by atoms with Crippen LogP contribution in [0.5, 0.6) is 5.75 Å². The van der Waals surface area contributed by atoms with Crippen molar-refractivity contribution >= 4 is 69.5 Å². The highest BCUT2D eigenvalue weighted by molar-refractivity contribution is 7.86. The largest absolute Gasteiger partial charge is 0.494 e. The van der Waals surface area contributed by atoms with Crippen molar-refractivity contribution in [1.29, 1.82) is 0 Å². The van der Waals surface area contributed by atoms with Crippen molar-refractivity contribution < 1.29 is 56.4 Å². The van der Waals surface area contributed by atoms with Crippen LogP contribution in [-0.2, 0) is 45.3 Å². The van der Waals surface area contributed by atoms with Crippen LogP contribution in [0, 0.1) is 0 Å². The van der Waals surface area contributed by atoms with Crippen LogP contribution >= 0.6 is 0 Å². The summed E-state index contributed by atoms with van der Waals surface area (Å²) < 4.78 is 38.4. The van der Waals surface area contributed by atoms with Crippen molar-refractivity contribution in [2.75, 3.05) is 44.8 Å². The Labute approximate surface area is 395 Å². The van der Waals surface area contributed by atoms with Gasteiger partial charge in [-0.25, -0.2) is 9.78 Å². The number of ether oxygens (including phenoxy) is 1. The number of carboxylic acids is 1. The molecule has 3 aromatic rings. The number of aliphatic imine (C=N–C) groups is 1. The van der Waals surface area contributed by atoms with Crippen LogP contribution < -0.4 is 52.7 Å². The van der Waals surface area contributed by atoms with Gasteiger partial charge in [-0.2, -0.15) is 13.5 Å². The number of pyridine rings is 1. The predicted octanol–water partition coefficient (Wildman–Crippen LogP) is -0.436. The first kappa shape index (κ1) is 51.5. The van der Waals surface area contributed by atoms with Gasteiger partial charge in [0.15, 0.2) is 5.96 Å². The summed E-state index contributed by atoms with van der Waals surface area (Å²) in [5.74, 6) is -5.47. The molecular weight excluding hydrogens is 921 g/mol. The number of anilines is 1. The summed E-state index contributed by atoms with van der Waals surface area (Å²) >= 11 is 0. The molecule has 25 heteroatoms. The number of rotatable bonds is 16. The van der Waals surface area contributed by atoms with E-state index in [2.05, 4.69) is 63.0 Å². The summed E-state index contributed by atoms with van der Waals surface area (Å²) in [6.45, 7) is 4.39. The Bertz CT molecular complexity index is 2700. The van der Waals surface area contributed by atoms with Crippen molar-refractivity contribution in [2.24, 2.45) is 10.1 Å². The van der Waals surface area contributed by atoms with Gasteiger partial charge >= 0.3 is 5.97 Å². The van der Waals surface area contributed by atoms with E-state index < -0.39 is 69.8 Å². The average Bonchev–Trinajstić information content (AvgIpc) is 3.84. The fraction of sp³-hybridized carbons (Fsp3) is 0.273. The smallest absolute Gasteiger partial charge is 0.330 e. The Balaban J connectivity index is 1.18. The van der Waals surface area contributed by atoms with Crippen LogP contribution in [0.3, 0.4) is 0 Å². The Morgan fingerprint density at radius 2 is 1.68 bits per heavy atom. The molecule has 0 aliphatic carbocycles. The van der Waals surface area contributed by atoms with Gasteiger partial charge in [0.25, 0.3) is 33.7 Å². The number of amides is 6. The molecule has 0 unspecified atom stereocenters. The highest BCUT2D eigenvalue weighted by atomic mass is 32.2. The molecule has 2 aliphatic rings. The van der Waals surface area contributed by atoms with Crippen molar-refractivity contribution in [3.8, 4) is 5.75 Å². The Morgan fingerprint density at radius 1 is 0.913 bits per heavy atom. The molecule has 69 heavy (non-hydrogen) atoms. The zero-order chi connectivity index (χ0) is 49.9. The van der Waals surface area contributed by atoms with Gasteiger partial charge in [-0.1, -0.05) is 36.4 Å². The van der Waals surface area contributed by atoms with Gasteiger partial charge in [0.1, 0.15) is 39.6 Å². The molecule has 364 valence electrons. The van der Waals surface area contributed by atoms with Crippen LogP contribution in [-0.4, -0.2) is 122 Å². The lowest BCUT2D eigenvalue weighted by Gasteiger charge is -2.21. The van der Waals surface area contributed by atoms with Gasteiger partial charge in [-0.05, 0) is 68.2 Å². The minimum absolute atomic E-state index is 0.149. The molecular formula is C44H50N12O12S. The molecule has 6 amide bonds. The van der Waals surface area contributed by atoms with Crippen molar-refractivity contribution in [1.82, 2.24) is 47.5 Å². The Kier molecular flexibility index (Phi) is 18.6. The standard InChI is InChI=1S/C44H50N12O12S/c1-26(2)38-43(64)53-31(8-5-16-46-44-47-18-19-48-44)40(61)50-25-36(57)52-33(22-37(58)59)41(62)54-32(42(63)55-38)21-27-10-13-30(14-11-27)68-20-6-17-45-39(60)29-12-15-35(49-23-29)56-51-24-28-7-3-4-9-34(28)69(65,66)67/h3-4,7-15,22-24,32H,5-6,16-21,25H2,1-2H3,(H,45,60)(H,49,56)(H,50,61)(H,52,57)(H,53,64)(H,54,62)(H,55,63)(H,58,59)(H2,46,47,48)(H,65,66,67)/b31-8-,33-22+,51-24+/t32-/m1/s1. The first-order chi connectivity index (χ1) is 33.0. The molecule has 0 radical (unpaired) electrons. The summed E-state index contributed by atoms with van der Waals surface area (Å²) in [7, 11) is -4.45. The number of guanidine groups is 1. The number of hydrogen-bond acceptors (Lipinski definition) is 16. The molecule has 11 N–H and O–H groups in total. The summed E-state index contributed by atoms with van der Waals surface area (Å²) in [6, 6.07) is 13.7. The number of benzene rings is 2. The molecule has 0 spiro atoms. The van der Waals surface area contributed by atoms with Crippen LogP contribution in [0.15, 0.2) is 117 Å². The van der Waals surface area contributed by atoms with E-state index >= 15 is 0 Å². The lowest BCUT2D eigenvalue weighted by Crippen LogP contribution is -2.51. The van der Waals surface area contributed by atoms with E-state index in [-0.39, 0.29) is 59.2 Å². The third-order valence-corrected chi connectivity index (χ3v) is 10.5. The number of carbonyl (C=O) groups excluding carboxylic acids is 6. The molecule has 5 rings (SSSR count). The normalized spacial score (nSPS) is 17.3. The van der Waals surface area contributed by atoms with Crippen molar-refractivity contribution in [3.05, 3.63) is 118 Å². The van der Waals surface area contributed by atoms with Crippen molar-refractivity contribution in [3.63, 3.8) is 0 Å². The second kappa shape index (κ2) is 24.9. The van der Waals surface area contributed by atoms with Gasteiger partial charge < -0.3 is 52.4 Å². The van der Waals surface area contributed by atoms with Crippen LogP contribution in [0.4, 0.5) is 5.82 Å². The number of carbonyl (C=O) groups is 7. The third-order valence-electron chi connectivity index (χ3n) is 9.59. The highest BCUT2D eigenvalue weighted by Gasteiger charge is 2.28. The number of hydrogen-bond donors (Lipinski definition) is 11. The topological polar surface area (TPSA) is 349 Å². The van der Waals surface area contributed by atoms with Gasteiger partial charge in [-0.3, -0.25) is 43.7 Å². The summed E-state index contributed by atoms with van der Waals surface area (Å²) in [6.07, 6.45) is 4.81. The average molecular weight is 971 g/mol. The summed E-state index contributed by atoms with van der Waals surface area (Å²) in [5, 5.41) is 34.2. The molecule has 2 aromatic carbocycles. The molecule has 1 fully saturated rings. The fourth-order valence-electron chi connectivity index (χ4n) is 6.21. The summed E-state index contributed by atoms with van der Waals surface area (Å²) in [5.41, 5.74) is 2.65. The second-order valence-electron chi connectivity index (χ2n) is 15.1. The van der Waals surface area contributed by atoms with E-state index in [1.165, 1.54) is 48.8 Å². The molecule has 0 saturated carbocycles. The second-order valence-corrected chi connectivity index (χ2v) is 16.5. The fourth-order valence-corrected chi connectivity index (χ4v) is 6.88. The molecule has 2 aliphatic heterocycles. The van der Waals surface area contributed by atoms with Crippen LogP contribution in [0.1, 0.15) is 48.2 Å². The molecule has 0 bridgehead atoms. The molecule has 24 nitrogen and oxygen atoms in total. The lowest BCUT2D eigenvalue weighted by molar-refractivity contribution is -0.132. The number of allylic oxidation sites excluding steroid dienone is 1. The molecule has 1 saturated heterocycles. The predicted molar refractivity (Wildman–Crippen MR) is 249 cm³/mol. The lowest BCUT2D eigenvalue weighted by atomic mass is 10.0. The third kappa shape index (κ3) is 16.4. The van der Waals surface area contributed by atoms with E-state index in [9.17, 15) is 51.6 Å². The van der Waals surface area contributed by atoms with Crippen LogP contribution in [0.2, 0.25) is 0 Å². The van der Waals surface area contributed by atoms with E-state index in [0.717, 1.165) is 0 Å².